The Morgan fingerprint density at radius 3 is 2.71 bits per heavy atom. The first-order valence-electron chi connectivity index (χ1n) is 9.81. The van der Waals surface area contributed by atoms with Gasteiger partial charge in [0.1, 0.15) is 18.2 Å². The number of hydrogen-bond donors (Lipinski definition) is 2. The van der Waals surface area contributed by atoms with Crippen molar-refractivity contribution in [2.75, 3.05) is 27.2 Å². The van der Waals surface area contributed by atoms with Crippen LogP contribution in [0.25, 0.3) is 0 Å². The molecule has 0 spiro atoms. The molecule has 3 atom stereocenters. The van der Waals surface area contributed by atoms with Gasteiger partial charge in [-0.2, -0.15) is 0 Å². The Balaban J connectivity index is 1.58. The summed E-state index contributed by atoms with van der Waals surface area (Å²) in [6.45, 7) is 3.36. The Kier molecular flexibility index (Phi) is 6.70. The van der Waals surface area contributed by atoms with E-state index >= 15 is 0 Å². The molecule has 0 radical (unpaired) electrons. The summed E-state index contributed by atoms with van der Waals surface area (Å²) in [5, 5.41) is 13.8. The third-order valence-electron chi connectivity index (χ3n) is 5.28. The summed E-state index contributed by atoms with van der Waals surface area (Å²) < 4.78 is 7.67. The molecule has 0 saturated heterocycles. The lowest BCUT2D eigenvalue weighted by atomic mass is 9.87. The largest absolute Gasteiger partial charge is 0.492 e. The number of nitrogens with one attached hydrogen (secondary N) is 1. The fourth-order valence-electron chi connectivity index (χ4n) is 3.66. The van der Waals surface area contributed by atoms with Crippen molar-refractivity contribution in [1.82, 2.24) is 19.8 Å². The Labute approximate surface area is 166 Å². The molecule has 1 fully saturated rings. The molecule has 1 heterocycles. The number of benzene rings is 1. The molecule has 0 bridgehead atoms. The maximum absolute atomic E-state index is 12.6. The average Bonchev–Trinajstić information content (AvgIpc) is 3.09. The molecule has 0 aliphatic heterocycles. The van der Waals surface area contributed by atoms with Crippen molar-refractivity contribution in [2.24, 2.45) is 0 Å². The summed E-state index contributed by atoms with van der Waals surface area (Å²) in [6.07, 6.45) is 5.59. The van der Waals surface area contributed by atoms with Gasteiger partial charge in [0.15, 0.2) is 0 Å². The van der Waals surface area contributed by atoms with E-state index in [1.807, 2.05) is 31.8 Å². The van der Waals surface area contributed by atoms with Gasteiger partial charge in [-0.1, -0.05) is 0 Å². The molecule has 7 nitrogen and oxygen atoms in total. The first kappa shape index (κ1) is 20.4. The number of aryl methyl sites for hydroxylation is 1. The zero-order valence-electron chi connectivity index (χ0n) is 16.8. The quantitative estimate of drug-likeness (QED) is 0.761. The van der Waals surface area contributed by atoms with Crippen LogP contribution < -0.4 is 10.1 Å². The molecular formula is C21H30N4O3. The van der Waals surface area contributed by atoms with Crippen LogP contribution in [0.4, 0.5) is 0 Å². The lowest BCUT2D eigenvalue weighted by Crippen LogP contribution is -2.49. The molecule has 2 aromatic rings. The van der Waals surface area contributed by atoms with E-state index in [9.17, 15) is 9.90 Å². The van der Waals surface area contributed by atoms with E-state index in [0.717, 1.165) is 37.4 Å². The first-order chi connectivity index (χ1) is 13.5. The molecule has 7 heteroatoms. The molecule has 0 unspecified atom stereocenters. The lowest BCUT2D eigenvalue weighted by molar-refractivity contribution is 0.0392. The van der Waals surface area contributed by atoms with E-state index in [2.05, 4.69) is 15.2 Å². The second-order valence-electron chi connectivity index (χ2n) is 7.63. The predicted molar refractivity (Wildman–Crippen MR) is 108 cm³/mol. The van der Waals surface area contributed by atoms with E-state index in [4.69, 9.17) is 4.74 Å². The predicted octanol–water partition coefficient (Wildman–Crippen LogP) is 2.02. The fourth-order valence-corrected chi connectivity index (χ4v) is 3.66. The van der Waals surface area contributed by atoms with Crippen LogP contribution in [0, 0.1) is 6.92 Å². The van der Waals surface area contributed by atoms with E-state index in [0.29, 0.717) is 12.2 Å². The van der Waals surface area contributed by atoms with Gasteiger partial charge in [0.05, 0.1) is 18.2 Å². The maximum atomic E-state index is 12.6. The fraction of sp³-hybridized carbons (Fsp3) is 0.524. The summed E-state index contributed by atoms with van der Waals surface area (Å²) >= 11 is 0. The number of carbonyl (C=O) groups is 1. The van der Waals surface area contributed by atoms with Gasteiger partial charge in [-0.15, -0.1) is 0 Å². The normalized spacial score (nSPS) is 22.2. The van der Waals surface area contributed by atoms with E-state index in [1.165, 1.54) is 0 Å². The van der Waals surface area contributed by atoms with Gasteiger partial charge in [-0.25, -0.2) is 4.98 Å². The van der Waals surface area contributed by atoms with Gasteiger partial charge in [0.25, 0.3) is 5.91 Å². The highest BCUT2D eigenvalue weighted by Gasteiger charge is 2.34. The Hall–Kier alpha value is -2.38. The highest BCUT2D eigenvalue weighted by molar-refractivity contribution is 5.94. The van der Waals surface area contributed by atoms with Crippen LogP contribution >= 0.6 is 0 Å². The Morgan fingerprint density at radius 1 is 1.32 bits per heavy atom. The number of nitrogens with zero attached hydrogens (tertiary/aromatic N) is 3. The molecule has 152 valence electrons. The standard InChI is InChI=1S/C21H30N4O3/c1-15-22-11-12-25(15)19-6-4-5-18(20(19)26)23-21(27)16-7-9-17(10-8-16)28-14-13-24(2)3/h7-12,18-20,26H,4-6,13-14H2,1-3H3,(H,23,27)/t18-,19-,20-/m1/s1. The Morgan fingerprint density at radius 2 is 2.07 bits per heavy atom. The molecule has 1 aliphatic rings. The van der Waals surface area contributed by atoms with Crippen LogP contribution in [0.5, 0.6) is 5.75 Å². The van der Waals surface area contributed by atoms with Crippen molar-refractivity contribution in [3.8, 4) is 5.75 Å². The number of carbonyl (C=O) groups excluding carboxylic acids is 1. The summed E-state index contributed by atoms with van der Waals surface area (Å²) in [5.74, 6) is 1.44. The summed E-state index contributed by atoms with van der Waals surface area (Å²) in [5.41, 5.74) is 0.563. The minimum Gasteiger partial charge on any atom is -0.492 e. The van der Waals surface area contributed by atoms with Crippen molar-refractivity contribution in [2.45, 2.75) is 44.4 Å². The average molecular weight is 386 g/mol. The molecule has 3 rings (SSSR count). The number of imidazole rings is 1. The van der Waals surface area contributed by atoms with Gasteiger partial charge in [-0.05, 0) is 64.5 Å². The van der Waals surface area contributed by atoms with Crippen LogP contribution in [0.1, 0.15) is 41.5 Å². The molecule has 1 aliphatic carbocycles. The minimum absolute atomic E-state index is 0.0611. The summed E-state index contributed by atoms with van der Waals surface area (Å²) in [7, 11) is 3.99. The van der Waals surface area contributed by atoms with Crippen molar-refractivity contribution in [3.63, 3.8) is 0 Å². The topological polar surface area (TPSA) is 79.6 Å². The van der Waals surface area contributed by atoms with E-state index in [-0.39, 0.29) is 18.0 Å². The highest BCUT2D eigenvalue weighted by atomic mass is 16.5. The van der Waals surface area contributed by atoms with Crippen molar-refractivity contribution in [3.05, 3.63) is 48.0 Å². The van der Waals surface area contributed by atoms with Crippen LogP contribution in [-0.2, 0) is 0 Å². The van der Waals surface area contributed by atoms with Crippen LogP contribution in [0.15, 0.2) is 36.7 Å². The third kappa shape index (κ3) is 4.91. The molecule has 1 aromatic heterocycles. The van der Waals surface area contributed by atoms with Crippen LogP contribution in [0.3, 0.4) is 0 Å². The second kappa shape index (κ2) is 9.21. The Bertz CT molecular complexity index is 772. The number of aromatic nitrogens is 2. The number of aliphatic hydroxyl groups excluding tert-OH is 1. The van der Waals surface area contributed by atoms with E-state index < -0.39 is 6.10 Å². The zero-order chi connectivity index (χ0) is 20.1. The van der Waals surface area contributed by atoms with E-state index in [1.54, 1.807) is 30.5 Å². The first-order valence-corrected chi connectivity index (χ1v) is 9.81. The van der Waals surface area contributed by atoms with Crippen molar-refractivity contribution < 1.29 is 14.6 Å². The molecular weight excluding hydrogens is 356 g/mol. The number of amides is 1. The monoisotopic (exact) mass is 386 g/mol. The second-order valence-corrected chi connectivity index (χ2v) is 7.63. The lowest BCUT2D eigenvalue weighted by Gasteiger charge is -2.36. The number of aliphatic hydroxyl groups is 1. The van der Waals surface area contributed by atoms with Gasteiger partial charge >= 0.3 is 0 Å². The molecule has 1 amide bonds. The summed E-state index contributed by atoms with van der Waals surface area (Å²) in [4.78, 5) is 18.9. The van der Waals surface area contributed by atoms with Crippen LogP contribution in [0.2, 0.25) is 0 Å². The highest BCUT2D eigenvalue weighted by Crippen LogP contribution is 2.30. The van der Waals surface area contributed by atoms with Gasteiger partial charge < -0.3 is 24.6 Å². The smallest absolute Gasteiger partial charge is 0.251 e. The van der Waals surface area contributed by atoms with Gasteiger partial charge in [0.2, 0.25) is 0 Å². The van der Waals surface area contributed by atoms with Crippen LogP contribution in [-0.4, -0.2) is 64.9 Å². The number of ether oxygens (including phenoxy) is 1. The SMILES string of the molecule is Cc1nccn1[C@@H]1CCC[C@@H](NC(=O)c2ccc(OCCN(C)C)cc2)[C@H]1O. The van der Waals surface area contributed by atoms with Gasteiger partial charge in [0, 0.05) is 24.5 Å². The third-order valence-corrected chi connectivity index (χ3v) is 5.28. The minimum atomic E-state index is -0.640. The summed E-state index contributed by atoms with van der Waals surface area (Å²) in [6, 6.07) is 6.79. The molecule has 28 heavy (non-hydrogen) atoms. The maximum Gasteiger partial charge on any atom is 0.251 e. The molecule has 2 N–H and O–H groups in total. The van der Waals surface area contributed by atoms with Gasteiger partial charge in [-0.3, -0.25) is 4.79 Å². The number of likely N-dealkylation sites (N-methyl/N-ethyl adjacent to an activating group) is 1. The van der Waals surface area contributed by atoms with Crippen molar-refractivity contribution >= 4 is 5.91 Å². The molecule has 1 saturated carbocycles. The number of rotatable bonds is 7. The zero-order valence-corrected chi connectivity index (χ0v) is 16.8. The van der Waals surface area contributed by atoms with Crippen molar-refractivity contribution in [1.29, 1.82) is 0 Å². The number of hydrogen-bond acceptors (Lipinski definition) is 5. The molecule has 1 aromatic carbocycles.